The number of hydrogen-bond donors (Lipinski definition) is 1. The first kappa shape index (κ1) is 23.4. The molecule has 0 radical (unpaired) electrons. The lowest BCUT2D eigenvalue weighted by molar-refractivity contribution is -0.137. The lowest BCUT2D eigenvalue weighted by Gasteiger charge is -2.39. The Bertz CT molecular complexity index is 961. The van der Waals surface area contributed by atoms with Crippen LogP contribution in [0.4, 0.5) is 28.9 Å². The third-order valence-corrected chi connectivity index (χ3v) is 7.52. The number of fused-ring (bicyclic) bond motifs is 2. The topological polar surface area (TPSA) is 27.7 Å². The summed E-state index contributed by atoms with van der Waals surface area (Å²) < 4.78 is 58.5. The van der Waals surface area contributed by atoms with E-state index >= 15 is 0 Å². The van der Waals surface area contributed by atoms with Crippen LogP contribution in [0.25, 0.3) is 0 Å². The first-order valence-corrected chi connectivity index (χ1v) is 12.1. The van der Waals surface area contributed by atoms with Gasteiger partial charge >= 0.3 is 6.18 Å². The van der Waals surface area contributed by atoms with E-state index in [2.05, 4.69) is 10.2 Å². The molecule has 0 saturated carbocycles. The molecule has 2 atom stereocenters. The highest BCUT2D eigenvalue weighted by Crippen LogP contribution is 2.40. The monoisotopic (exact) mass is 477 g/mol. The van der Waals surface area contributed by atoms with Gasteiger partial charge in [0.05, 0.1) is 24.5 Å². The van der Waals surface area contributed by atoms with Gasteiger partial charge in [-0.3, -0.25) is 4.90 Å². The second-order valence-electron chi connectivity index (χ2n) is 9.74. The Balaban J connectivity index is 1.14. The lowest BCUT2D eigenvalue weighted by Crippen LogP contribution is -2.43. The SMILES string of the molecule is Fc1cc(NCC2CC3CCC(C2)N3Cc2ccc(C(F)(F)F)cc2)ccc1N1CCOCC1. The van der Waals surface area contributed by atoms with Crippen molar-refractivity contribution in [1.29, 1.82) is 0 Å². The minimum atomic E-state index is -4.30. The zero-order valence-electron chi connectivity index (χ0n) is 19.2. The molecular weight excluding hydrogens is 446 g/mol. The van der Waals surface area contributed by atoms with Crippen LogP contribution < -0.4 is 10.2 Å². The van der Waals surface area contributed by atoms with Crippen molar-refractivity contribution in [2.24, 2.45) is 5.92 Å². The van der Waals surface area contributed by atoms with Gasteiger partial charge in [-0.1, -0.05) is 12.1 Å². The van der Waals surface area contributed by atoms with E-state index in [-0.39, 0.29) is 5.82 Å². The largest absolute Gasteiger partial charge is 0.416 e. The minimum absolute atomic E-state index is 0.210. The number of benzene rings is 2. The van der Waals surface area contributed by atoms with Crippen LogP contribution in [0.2, 0.25) is 0 Å². The molecule has 0 spiro atoms. The van der Waals surface area contributed by atoms with E-state index < -0.39 is 11.7 Å². The van der Waals surface area contributed by atoms with Gasteiger partial charge in [-0.05, 0) is 67.5 Å². The average Bonchev–Trinajstić information content (AvgIpc) is 3.05. The van der Waals surface area contributed by atoms with Crippen LogP contribution in [0.15, 0.2) is 42.5 Å². The maximum Gasteiger partial charge on any atom is 0.416 e. The van der Waals surface area contributed by atoms with Crippen molar-refractivity contribution in [1.82, 2.24) is 4.90 Å². The van der Waals surface area contributed by atoms with E-state index in [9.17, 15) is 17.6 Å². The number of rotatable bonds is 6. The lowest BCUT2D eigenvalue weighted by atomic mass is 9.90. The van der Waals surface area contributed by atoms with E-state index in [1.165, 1.54) is 12.1 Å². The van der Waals surface area contributed by atoms with Crippen LogP contribution in [-0.4, -0.2) is 49.8 Å². The Morgan fingerprint density at radius 1 is 0.941 bits per heavy atom. The summed E-state index contributed by atoms with van der Waals surface area (Å²) in [5.74, 6) is 0.293. The van der Waals surface area contributed by atoms with Gasteiger partial charge in [-0.15, -0.1) is 0 Å². The highest BCUT2D eigenvalue weighted by atomic mass is 19.4. The maximum absolute atomic E-state index is 14.7. The summed E-state index contributed by atoms with van der Waals surface area (Å²) in [6.07, 6.45) is 0.0704. The summed E-state index contributed by atoms with van der Waals surface area (Å²) in [7, 11) is 0. The number of morpholine rings is 1. The van der Waals surface area contributed by atoms with Gasteiger partial charge in [0, 0.05) is 44.0 Å². The summed E-state index contributed by atoms with van der Waals surface area (Å²) in [6, 6.07) is 11.8. The molecule has 0 aromatic heterocycles. The molecule has 3 saturated heterocycles. The molecule has 4 nitrogen and oxygen atoms in total. The summed E-state index contributed by atoms with van der Waals surface area (Å²) in [5.41, 5.74) is 1.76. The summed E-state index contributed by atoms with van der Waals surface area (Å²) in [6.45, 7) is 4.16. The van der Waals surface area contributed by atoms with E-state index in [1.54, 1.807) is 18.2 Å². The van der Waals surface area contributed by atoms with Crippen LogP contribution in [-0.2, 0) is 17.5 Å². The van der Waals surface area contributed by atoms with Crippen molar-refractivity contribution < 1.29 is 22.3 Å². The van der Waals surface area contributed by atoms with E-state index in [0.717, 1.165) is 43.5 Å². The Kier molecular flexibility index (Phi) is 6.71. The first-order valence-electron chi connectivity index (χ1n) is 12.1. The zero-order valence-corrected chi connectivity index (χ0v) is 19.2. The van der Waals surface area contributed by atoms with Crippen molar-refractivity contribution >= 4 is 11.4 Å². The molecule has 2 aromatic carbocycles. The first-order chi connectivity index (χ1) is 16.4. The molecule has 3 aliphatic heterocycles. The smallest absolute Gasteiger partial charge is 0.385 e. The van der Waals surface area contributed by atoms with Crippen molar-refractivity contribution in [2.45, 2.75) is 50.5 Å². The Morgan fingerprint density at radius 2 is 1.62 bits per heavy atom. The molecule has 2 bridgehead atoms. The molecule has 3 aliphatic rings. The molecule has 3 fully saturated rings. The molecule has 3 heterocycles. The predicted octanol–water partition coefficient (Wildman–Crippen LogP) is 5.54. The van der Waals surface area contributed by atoms with Gasteiger partial charge in [0.2, 0.25) is 0 Å². The average molecular weight is 478 g/mol. The van der Waals surface area contributed by atoms with Crippen LogP contribution in [0, 0.1) is 11.7 Å². The van der Waals surface area contributed by atoms with Gasteiger partial charge < -0.3 is 15.0 Å². The normalized spacial score (nSPS) is 25.5. The molecule has 0 aliphatic carbocycles. The van der Waals surface area contributed by atoms with E-state index in [1.807, 2.05) is 17.0 Å². The number of halogens is 4. The van der Waals surface area contributed by atoms with Crippen molar-refractivity contribution in [2.75, 3.05) is 43.1 Å². The second kappa shape index (κ2) is 9.74. The number of nitrogens with one attached hydrogen (secondary N) is 1. The number of anilines is 2. The fourth-order valence-electron chi connectivity index (χ4n) is 5.76. The van der Waals surface area contributed by atoms with Gasteiger partial charge in [0.25, 0.3) is 0 Å². The molecule has 5 rings (SSSR count). The van der Waals surface area contributed by atoms with Gasteiger partial charge in [0.1, 0.15) is 5.82 Å². The number of nitrogens with zero attached hydrogens (tertiary/aromatic N) is 2. The maximum atomic E-state index is 14.7. The van der Waals surface area contributed by atoms with Gasteiger partial charge in [0.15, 0.2) is 0 Å². The van der Waals surface area contributed by atoms with E-state index in [0.29, 0.717) is 56.5 Å². The van der Waals surface area contributed by atoms with Crippen LogP contribution >= 0.6 is 0 Å². The van der Waals surface area contributed by atoms with Crippen molar-refractivity contribution in [3.05, 3.63) is 59.4 Å². The molecule has 34 heavy (non-hydrogen) atoms. The highest BCUT2D eigenvalue weighted by Gasteiger charge is 2.40. The quantitative estimate of drug-likeness (QED) is 0.554. The van der Waals surface area contributed by atoms with Crippen molar-refractivity contribution in [3.63, 3.8) is 0 Å². The minimum Gasteiger partial charge on any atom is -0.385 e. The number of alkyl halides is 3. The highest BCUT2D eigenvalue weighted by molar-refractivity contribution is 5.56. The van der Waals surface area contributed by atoms with Crippen LogP contribution in [0.5, 0.6) is 0 Å². The second-order valence-corrected chi connectivity index (χ2v) is 9.74. The van der Waals surface area contributed by atoms with Crippen LogP contribution in [0.1, 0.15) is 36.8 Å². The molecule has 1 N–H and O–H groups in total. The number of ether oxygens (including phenoxy) is 1. The Labute approximate surface area is 197 Å². The summed E-state index contributed by atoms with van der Waals surface area (Å²) in [5, 5.41) is 3.43. The van der Waals surface area contributed by atoms with Gasteiger partial charge in [-0.2, -0.15) is 13.2 Å². The zero-order chi connectivity index (χ0) is 23.7. The predicted molar refractivity (Wildman–Crippen MR) is 124 cm³/mol. The fraction of sp³-hybridized carbons (Fsp3) is 0.538. The fourth-order valence-corrected chi connectivity index (χ4v) is 5.76. The Morgan fingerprint density at radius 3 is 2.24 bits per heavy atom. The van der Waals surface area contributed by atoms with E-state index in [4.69, 9.17) is 4.74 Å². The third kappa shape index (κ3) is 5.18. The number of hydrogen-bond acceptors (Lipinski definition) is 4. The molecule has 0 amide bonds. The summed E-state index contributed by atoms with van der Waals surface area (Å²) >= 11 is 0. The van der Waals surface area contributed by atoms with Gasteiger partial charge in [-0.25, -0.2) is 4.39 Å². The summed E-state index contributed by atoms with van der Waals surface area (Å²) in [4.78, 5) is 4.49. The molecule has 2 unspecified atom stereocenters. The van der Waals surface area contributed by atoms with Crippen molar-refractivity contribution in [3.8, 4) is 0 Å². The standard InChI is InChI=1S/C26H31F4N3O/c27-24-15-21(5-8-25(24)32-9-11-34-12-10-32)31-16-19-13-22-6-7-23(14-19)33(22)17-18-1-3-20(4-2-18)26(28,29)30/h1-5,8,15,19,22-23,31H,6-7,9-14,16-17H2. The molecule has 2 aromatic rings. The molecule has 184 valence electrons. The Hall–Kier alpha value is -2.32. The molecule has 8 heteroatoms. The third-order valence-electron chi connectivity index (χ3n) is 7.52. The number of piperidine rings is 1. The molecular formula is C26H31F4N3O. The van der Waals surface area contributed by atoms with Crippen LogP contribution in [0.3, 0.4) is 0 Å².